The van der Waals surface area contributed by atoms with Gasteiger partial charge in [0.25, 0.3) is 0 Å². The van der Waals surface area contributed by atoms with Gasteiger partial charge in [-0.1, -0.05) is 302 Å². The highest BCUT2D eigenvalue weighted by molar-refractivity contribution is 5.71. The van der Waals surface area contributed by atoms with Gasteiger partial charge in [0, 0.05) is 19.3 Å². The number of unbranched alkanes of at least 4 members (excludes halogenated alkanes) is 27. The Bertz CT molecular complexity index is 1720. The highest BCUT2D eigenvalue weighted by Crippen LogP contribution is 2.16. The number of ether oxygens (including phenoxy) is 3. The Kier molecular flexibility index (Phi) is 64.3. The van der Waals surface area contributed by atoms with Crippen LogP contribution in [0.2, 0.25) is 0 Å². The van der Waals surface area contributed by atoms with Gasteiger partial charge in [0.05, 0.1) is 0 Å². The molecule has 1 atom stereocenters. The Morgan fingerprint density at radius 2 is 0.481 bits per heavy atom. The highest BCUT2D eigenvalue weighted by Gasteiger charge is 2.19. The van der Waals surface area contributed by atoms with Crippen molar-refractivity contribution in [3.05, 3.63) is 134 Å². The van der Waals surface area contributed by atoms with Crippen LogP contribution in [0, 0.1) is 0 Å². The van der Waals surface area contributed by atoms with E-state index in [2.05, 4.69) is 154 Å². The summed E-state index contributed by atoms with van der Waals surface area (Å²) in [5.74, 6) is -0.941. The molecule has 0 saturated heterocycles. The van der Waals surface area contributed by atoms with Gasteiger partial charge in [-0.3, -0.25) is 14.4 Å². The SMILES string of the molecule is CC/C=C\C/C=C\C/C=C\C/C=C\C/C=C\C/C=C\CCCCC(=O)OC(COC(=O)CCCCCCCCCCC/C=C\C/C=C\C/C=C\C/C=C\C/C=C\CC)COC(=O)CCCCCCCCCCCCCCCCCCC. The smallest absolute Gasteiger partial charge is 0.306 e. The van der Waals surface area contributed by atoms with E-state index in [0.717, 1.165) is 128 Å². The topological polar surface area (TPSA) is 78.9 Å². The van der Waals surface area contributed by atoms with E-state index in [1.807, 2.05) is 0 Å². The molecule has 0 bridgehead atoms. The zero-order valence-electron chi connectivity index (χ0n) is 52.8. The molecule has 0 heterocycles. The van der Waals surface area contributed by atoms with Crippen LogP contribution in [0.3, 0.4) is 0 Å². The van der Waals surface area contributed by atoms with Crippen molar-refractivity contribution in [3.63, 3.8) is 0 Å². The van der Waals surface area contributed by atoms with Gasteiger partial charge in [-0.05, 0) is 116 Å². The van der Waals surface area contributed by atoms with E-state index in [1.54, 1.807) is 0 Å². The number of allylic oxidation sites excluding steroid dienone is 22. The third-order valence-corrected chi connectivity index (χ3v) is 14.2. The Morgan fingerprint density at radius 3 is 0.778 bits per heavy atom. The summed E-state index contributed by atoms with van der Waals surface area (Å²) >= 11 is 0. The molecule has 0 aromatic rings. The second-order valence-corrected chi connectivity index (χ2v) is 22.0. The molecule has 0 N–H and O–H groups in total. The van der Waals surface area contributed by atoms with Crippen molar-refractivity contribution in [2.45, 2.75) is 309 Å². The number of rotatable bonds is 60. The van der Waals surface area contributed by atoms with E-state index in [4.69, 9.17) is 14.2 Å². The average Bonchev–Trinajstić information content (AvgIpc) is 3.47. The minimum Gasteiger partial charge on any atom is -0.462 e. The van der Waals surface area contributed by atoms with Crippen molar-refractivity contribution >= 4 is 17.9 Å². The van der Waals surface area contributed by atoms with Crippen LogP contribution in [0.1, 0.15) is 303 Å². The molecule has 1 unspecified atom stereocenters. The molecule has 0 aliphatic rings. The van der Waals surface area contributed by atoms with E-state index in [0.29, 0.717) is 19.3 Å². The van der Waals surface area contributed by atoms with E-state index in [-0.39, 0.29) is 37.5 Å². The molecule has 6 nitrogen and oxygen atoms in total. The summed E-state index contributed by atoms with van der Waals surface area (Å²) in [7, 11) is 0. The zero-order valence-corrected chi connectivity index (χ0v) is 52.8. The molecule has 6 heteroatoms. The van der Waals surface area contributed by atoms with Crippen LogP contribution in [0.5, 0.6) is 0 Å². The van der Waals surface area contributed by atoms with E-state index in [9.17, 15) is 14.4 Å². The first-order valence-electron chi connectivity index (χ1n) is 33.7. The fourth-order valence-corrected chi connectivity index (χ4v) is 9.18. The van der Waals surface area contributed by atoms with Gasteiger partial charge < -0.3 is 14.2 Å². The predicted octanol–water partition coefficient (Wildman–Crippen LogP) is 23.3. The molecular formula is C75H124O6. The fraction of sp³-hybridized carbons (Fsp3) is 0.667. The second kappa shape index (κ2) is 68.1. The summed E-state index contributed by atoms with van der Waals surface area (Å²) in [5.41, 5.74) is 0. The Hall–Kier alpha value is -4.45. The number of esters is 3. The van der Waals surface area contributed by atoms with E-state index < -0.39 is 6.10 Å². The Labute approximate surface area is 500 Å². The summed E-state index contributed by atoms with van der Waals surface area (Å²) in [6.45, 7) is 6.40. The number of hydrogen-bond donors (Lipinski definition) is 0. The lowest BCUT2D eigenvalue weighted by atomic mass is 10.0. The van der Waals surface area contributed by atoms with Gasteiger partial charge in [-0.25, -0.2) is 0 Å². The predicted molar refractivity (Wildman–Crippen MR) is 353 cm³/mol. The molecule has 0 fully saturated rings. The standard InChI is InChI=1S/C75H124O6/c1-4-7-10-13-16-19-22-25-28-31-33-35-36-37-38-40-41-44-47-50-53-56-59-62-65-68-74(77)80-71-72(70-79-73(76)67-64-61-58-55-52-49-46-43-30-27-24-21-18-15-12-9-6-3)81-75(78)69-66-63-60-57-54-51-48-45-42-39-34-32-29-26-23-20-17-14-11-8-5-2/h7-8,10-11,16-17,19-20,25-26,28-29,33-35,37-39,45,48,54,57,72H,4-6,9,12-15,18,21-24,27,30-32,36,40-44,46-47,49-53,55-56,58-71H2,1-3H3/b10-7-,11-8-,19-16-,20-17-,28-25-,29-26-,35-33-,38-37-,39-34-,48-45-,57-54-. The van der Waals surface area contributed by atoms with Crippen molar-refractivity contribution in [1.82, 2.24) is 0 Å². The van der Waals surface area contributed by atoms with Crippen LogP contribution in [0.4, 0.5) is 0 Å². The van der Waals surface area contributed by atoms with Gasteiger partial charge in [-0.15, -0.1) is 0 Å². The van der Waals surface area contributed by atoms with Crippen LogP contribution >= 0.6 is 0 Å². The van der Waals surface area contributed by atoms with Crippen molar-refractivity contribution in [2.75, 3.05) is 13.2 Å². The molecule has 0 aromatic heterocycles. The zero-order chi connectivity index (χ0) is 58.5. The molecule has 81 heavy (non-hydrogen) atoms. The van der Waals surface area contributed by atoms with Crippen LogP contribution in [-0.2, 0) is 28.6 Å². The largest absolute Gasteiger partial charge is 0.462 e. The molecule has 0 radical (unpaired) electrons. The summed E-state index contributed by atoms with van der Waals surface area (Å²) < 4.78 is 16.9. The second-order valence-electron chi connectivity index (χ2n) is 22.0. The first-order valence-corrected chi connectivity index (χ1v) is 33.7. The Balaban J connectivity index is 4.46. The average molecular weight is 1120 g/mol. The van der Waals surface area contributed by atoms with Gasteiger partial charge in [0.15, 0.2) is 6.10 Å². The Morgan fingerprint density at radius 1 is 0.259 bits per heavy atom. The molecule has 460 valence electrons. The first-order chi connectivity index (χ1) is 40.0. The summed E-state index contributed by atoms with van der Waals surface area (Å²) in [4.78, 5) is 38.4. The number of carbonyl (C=O) groups is 3. The van der Waals surface area contributed by atoms with Gasteiger partial charge in [0.2, 0.25) is 0 Å². The number of carbonyl (C=O) groups excluding carboxylic acids is 3. The van der Waals surface area contributed by atoms with E-state index in [1.165, 1.54) is 128 Å². The van der Waals surface area contributed by atoms with E-state index >= 15 is 0 Å². The molecule has 0 aliphatic carbocycles. The molecule has 0 aliphatic heterocycles. The number of hydrogen-bond acceptors (Lipinski definition) is 6. The monoisotopic (exact) mass is 1120 g/mol. The lowest BCUT2D eigenvalue weighted by molar-refractivity contribution is -0.167. The molecular weight excluding hydrogens is 997 g/mol. The van der Waals surface area contributed by atoms with Crippen molar-refractivity contribution < 1.29 is 28.6 Å². The van der Waals surface area contributed by atoms with Crippen LogP contribution in [0.25, 0.3) is 0 Å². The van der Waals surface area contributed by atoms with Gasteiger partial charge in [0.1, 0.15) is 13.2 Å². The lowest BCUT2D eigenvalue weighted by Crippen LogP contribution is -2.30. The summed E-state index contributed by atoms with van der Waals surface area (Å²) in [5, 5.41) is 0. The minimum absolute atomic E-state index is 0.0985. The van der Waals surface area contributed by atoms with Gasteiger partial charge in [-0.2, -0.15) is 0 Å². The maximum absolute atomic E-state index is 12.9. The third kappa shape index (κ3) is 66.2. The summed E-state index contributed by atoms with van der Waals surface area (Å²) in [6, 6.07) is 0. The molecule has 0 rings (SSSR count). The molecule has 0 amide bonds. The lowest BCUT2D eigenvalue weighted by Gasteiger charge is -2.18. The van der Waals surface area contributed by atoms with Crippen molar-refractivity contribution in [3.8, 4) is 0 Å². The highest BCUT2D eigenvalue weighted by atomic mass is 16.6. The third-order valence-electron chi connectivity index (χ3n) is 14.2. The first kappa shape index (κ1) is 76.5. The minimum atomic E-state index is -0.809. The molecule has 0 aromatic carbocycles. The fourth-order valence-electron chi connectivity index (χ4n) is 9.18. The molecule has 0 spiro atoms. The normalized spacial score (nSPS) is 13.0. The van der Waals surface area contributed by atoms with Gasteiger partial charge >= 0.3 is 17.9 Å². The van der Waals surface area contributed by atoms with Crippen molar-refractivity contribution in [1.29, 1.82) is 0 Å². The molecule has 0 saturated carbocycles. The summed E-state index contributed by atoms with van der Waals surface area (Å²) in [6.07, 6.45) is 96.0. The maximum Gasteiger partial charge on any atom is 0.306 e. The maximum atomic E-state index is 12.9. The van der Waals surface area contributed by atoms with Crippen LogP contribution in [0.15, 0.2) is 134 Å². The van der Waals surface area contributed by atoms with Crippen LogP contribution in [-0.4, -0.2) is 37.2 Å². The quantitative estimate of drug-likeness (QED) is 0.0261. The van der Waals surface area contributed by atoms with Crippen molar-refractivity contribution in [2.24, 2.45) is 0 Å². The van der Waals surface area contributed by atoms with Crippen LogP contribution < -0.4 is 0 Å².